The first-order chi connectivity index (χ1) is 7.31. The molecule has 1 saturated heterocycles. The standard InChI is InChI=1S/C11H19N3O/c1-13-4-6-14(7-5-13)10(9-12)11-3-2-8-15-11/h2-3,8,10H,4-7,9,12H2,1H3. The quantitative estimate of drug-likeness (QED) is 0.788. The Hall–Kier alpha value is -0.840. The van der Waals surface area contributed by atoms with E-state index in [1.807, 2.05) is 12.1 Å². The highest BCUT2D eigenvalue weighted by Crippen LogP contribution is 2.21. The Labute approximate surface area is 90.6 Å². The van der Waals surface area contributed by atoms with Crippen molar-refractivity contribution in [3.05, 3.63) is 24.2 Å². The maximum Gasteiger partial charge on any atom is 0.122 e. The molecule has 2 heterocycles. The van der Waals surface area contributed by atoms with Crippen LogP contribution in [0.15, 0.2) is 22.8 Å². The topological polar surface area (TPSA) is 45.6 Å². The van der Waals surface area contributed by atoms with Crippen molar-refractivity contribution in [2.75, 3.05) is 39.8 Å². The molecule has 1 unspecified atom stereocenters. The number of nitrogens with two attached hydrogens (primary N) is 1. The Morgan fingerprint density at radius 2 is 2.13 bits per heavy atom. The number of likely N-dealkylation sites (N-methyl/N-ethyl adjacent to an activating group) is 1. The molecule has 0 spiro atoms. The SMILES string of the molecule is CN1CCN(C(CN)c2ccco2)CC1. The Bertz CT molecular complexity index is 278. The molecule has 4 heteroatoms. The molecule has 2 rings (SSSR count). The lowest BCUT2D eigenvalue weighted by Crippen LogP contribution is -2.47. The molecular weight excluding hydrogens is 190 g/mol. The molecule has 2 N–H and O–H groups in total. The molecule has 0 aromatic carbocycles. The Morgan fingerprint density at radius 3 is 2.67 bits per heavy atom. The normalized spacial score (nSPS) is 21.7. The van der Waals surface area contributed by atoms with Crippen molar-refractivity contribution in [3.8, 4) is 0 Å². The maximum atomic E-state index is 5.81. The summed E-state index contributed by atoms with van der Waals surface area (Å²) in [7, 11) is 2.15. The molecule has 4 nitrogen and oxygen atoms in total. The summed E-state index contributed by atoms with van der Waals surface area (Å²) in [6, 6.07) is 4.18. The van der Waals surface area contributed by atoms with Crippen molar-refractivity contribution in [1.29, 1.82) is 0 Å². The van der Waals surface area contributed by atoms with Crippen molar-refractivity contribution < 1.29 is 4.42 Å². The summed E-state index contributed by atoms with van der Waals surface area (Å²) in [5, 5.41) is 0. The van der Waals surface area contributed by atoms with Crippen LogP contribution >= 0.6 is 0 Å². The van der Waals surface area contributed by atoms with Gasteiger partial charge in [0.1, 0.15) is 5.76 Å². The van der Waals surface area contributed by atoms with E-state index in [0.29, 0.717) is 6.54 Å². The van der Waals surface area contributed by atoms with Crippen molar-refractivity contribution in [1.82, 2.24) is 9.80 Å². The molecule has 0 bridgehead atoms. The van der Waals surface area contributed by atoms with Crippen molar-refractivity contribution in [2.24, 2.45) is 5.73 Å². The van der Waals surface area contributed by atoms with Crippen LogP contribution in [0.4, 0.5) is 0 Å². The molecular formula is C11H19N3O. The molecule has 1 aromatic heterocycles. The van der Waals surface area contributed by atoms with E-state index in [0.717, 1.165) is 31.9 Å². The van der Waals surface area contributed by atoms with E-state index in [1.54, 1.807) is 6.26 Å². The maximum absolute atomic E-state index is 5.81. The molecule has 15 heavy (non-hydrogen) atoms. The molecule has 1 aromatic rings. The third-order valence-corrected chi connectivity index (χ3v) is 3.07. The third-order valence-electron chi connectivity index (χ3n) is 3.07. The number of rotatable bonds is 3. The van der Waals surface area contributed by atoms with Gasteiger partial charge in [-0.05, 0) is 19.2 Å². The Morgan fingerprint density at radius 1 is 1.40 bits per heavy atom. The fourth-order valence-corrected chi connectivity index (χ4v) is 2.06. The van der Waals surface area contributed by atoms with Gasteiger partial charge in [-0.2, -0.15) is 0 Å². The smallest absolute Gasteiger partial charge is 0.122 e. The molecule has 0 amide bonds. The first-order valence-corrected chi connectivity index (χ1v) is 5.47. The number of nitrogens with zero attached hydrogens (tertiary/aromatic N) is 2. The van der Waals surface area contributed by atoms with Crippen LogP contribution in [-0.4, -0.2) is 49.6 Å². The highest BCUT2D eigenvalue weighted by Gasteiger charge is 2.24. The van der Waals surface area contributed by atoms with E-state index in [-0.39, 0.29) is 6.04 Å². The minimum absolute atomic E-state index is 0.244. The molecule has 0 aliphatic carbocycles. The van der Waals surface area contributed by atoms with Gasteiger partial charge in [0.25, 0.3) is 0 Å². The van der Waals surface area contributed by atoms with Gasteiger partial charge in [0.05, 0.1) is 12.3 Å². The van der Waals surface area contributed by atoms with Gasteiger partial charge in [-0.1, -0.05) is 0 Å². The van der Waals surface area contributed by atoms with E-state index in [2.05, 4.69) is 16.8 Å². The third kappa shape index (κ3) is 2.40. The first kappa shape index (κ1) is 10.7. The molecule has 1 fully saturated rings. The lowest BCUT2D eigenvalue weighted by Gasteiger charge is -2.36. The lowest BCUT2D eigenvalue weighted by molar-refractivity contribution is 0.104. The van der Waals surface area contributed by atoms with Crippen LogP contribution in [0.1, 0.15) is 11.8 Å². The number of furan rings is 1. The van der Waals surface area contributed by atoms with Crippen LogP contribution in [0.2, 0.25) is 0 Å². The Kier molecular flexibility index (Phi) is 3.41. The van der Waals surface area contributed by atoms with Crippen LogP contribution in [0, 0.1) is 0 Å². The zero-order chi connectivity index (χ0) is 10.7. The van der Waals surface area contributed by atoms with E-state index in [1.165, 1.54) is 0 Å². The molecule has 1 aliphatic rings. The van der Waals surface area contributed by atoms with Crippen LogP contribution in [0.25, 0.3) is 0 Å². The molecule has 0 radical (unpaired) electrons. The predicted molar refractivity (Wildman–Crippen MR) is 59.6 cm³/mol. The molecule has 0 saturated carbocycles. The first-order valence-electron chi connectivity index (χ1n) is 5.47. The van der Waals surface area contributed by atoms with Gasteiger partial charge in [-0.3, -0.25) is 4.90 Å². The largest absolute Gasteiger partial charge is 0.468 e. The summed E-state index contributed by atoms with van der Waals surface area (Å²) in [6.45, 7) is 4.98. The average molecular weight is 209 g/mol. The predicted octanol–water partition coefficient (Wildman–Crippen LogP) is 0.527. The second kappa shape index (κ2) is 4.79. The molecule has 84 valence electrons. The highest BCUT2D eigenvalue weighted by molar-refractivity contribution is 5.05. The van der Waals surface area contributed by atoms with Crippen LogP contribution in [0.3, 0.4) is 0 Å². The molecule has 1 aliphatic heterocycles. The van der Waals surface area contributed by atoms with Crippen molar-refractivity contribution >= 4 is 0 Å². The van der Waals surface area contributed by atoms with Gasteiger partial charge in [0.15, 0.2) is 0 Å². The van der Waals surface area contributed by atoms with Crippen molar-refractivity contribution in [3.63, 3.8) is 0 Å². The minimum Gasteiger partial charge on any atom is -0.468 e. The monoisotopic (exact) mass is 209 g/mol. The summed E-state index contributed by atoms with van der Waals surface area (Å²) >= 11 is 0. The van der Waals surface area contributed by atoms with Gasteiger partial charge in [0, 0.05) is 32.7 Å². The van der Waals surface area contributed by atoms with Crippen LogP contribution in [-0.2, 0) is 0 Å². The average Bonchev–Trinajstić information content (AvgIpc) is 2.75. The number of piperazine rings is 1. The van der Waals surface area contributed by atoms with E-state index in [4.69, 9.17) is 10.2 Å². The second-order valence-corrected chi connectivity index (χ2v) is 4.11. The van der Waals surface area contributed by atoms with E-state index >= 15 is 0 Å². The second-order valence-electron chi connectivity index (χ2n) is 4.11. The van der Waals surface area contributed by atoms with Gasteiger partial charge in [0.2, 0.25) is 0 Å². The lowest BCUT2D eigenvalue weighted by atomic mass is 10.1. The fourth-order valence-electron chi connectivity index (χ4n) is 2.06. The number of hydrogen-bond donors (Lipinski definition) is 1. The van der Waals surface area contributed by atoms with Crippen LogP contribution < -0.4 is 5.73 Å². The van der Waals surface area contributed by atoms with Crippen molar-refractivity contribution in [2.45, 2.75) is 6.04 Å². The molecule has 1 atom stereocenters. The van der Waals surface area contributed by atoms with E-state index in [9.17, 15) is 0 Å². The zero-order valence-corrected chi connectivity index (χ0v) is 9.22. The summed E-state index contributed by atoms with van der Waals surface area (Å²) in [5.41, 5.74) is 5.81. The summed E-state index contributed by atoms with van der Waals surface area (Å²) in [5.74, 6) is 0.988. The summed E-state index contributed by atoms with van der Waals surface area (Å²) < 4.78 is 5.43. The Balaban J connectivity index is 2.01. The van der Waals surface area contributed by atoms with Gasteiger partial charge >= 0.3 is 0 Å². The van der Waals surface area contributed by atoms with E-state index < -0.39 is 0 Å². The van der Waals surface area contributed by atoms with Crippen LogP contribution in [0.5, 0.6) is 0 Å². The number of hydrogen-bond acceptors (Lipinski definition) is 4. The fraction of sp³-hybridized carbons (Fsp3) is 0.636. The summed E-state index contributed by atoms with van der Waals surface area (Å²) in [6.07, 6.45) is 1.72. The minimum atomic E-state index is 0.244. The van der Waals surface area contributed by atoms with Gasteiger partial charge in [-0.25, -0.2) is 0 Å². The highest BCUT2D eigenvalue weighted by atomic mass is 16.3. The van der Waals surface area contributed by atoms with Gasteiger partial charge in [-0.15, -0.1) is 0 Å². The summed E-state index contributed by atoms with van der Waals surface area (Å²) in [4.78, 5) is 4.74. The van der Waals surface area contributed by atoms with Gasteiger partial charge < -0.3 is 15.1 Å². The zero-order valence-electron chi connectivity index (χ0n) is 9.22.